The SMILES string of the molecule is CC(OC(=O)CSCc1nc2sc3c(c2c(=O)[nH]1)CCC3)c1ccc(Cl)cc1. The van der Waals surface area contributed by atoms with Gasteiger partial charge in [0.15, 0.2) is 0 Å². The molecule has 0 saturated heterocycles. The molecule has 3 aromatic rings. The Morgan fingerprint density at radius 1 is 1.36 bits per heavy atom. The van der Waals surface area contributed by atoms with Crippen molar-refractivity contribution in [1.29, 1.82) is 0 Å². The Balaban J connectivity index is 1.34. The van der Waals surface area contributed by atoms with E-state index >= 15 is 0 Å². The fraction of sp³-hybridized carbons (Fsp3) is 0.350. The van der Waals surface area contributed by atoms with Gasteiger partial charge in [0.25, 0.3) is 5.56 Å². The predicted molar refractivity (Wildman–Crippen MR) is 114 cm³/mol. The number of ether oxygens (including phenoxy) is 1. The zero-order valence-electron chi connectivity index (χ0n) is 15.3. The van der Waals surface area contributed by atoms with Gasteiger partial charge in [-0.2, -0.15) is 0 Å². The molecule has 0 fully saturated rings. The number of carbonyl (C=O) groups excluding carboxylic acids is 1. The maximum Gasteiger partial charge on any atom is 0.316 e. The highest BCUT2D eigenvalue weighted by Gasteiger charge is 2.21. The second kappa shape index (κ2) is 8.27. The van der Waals surface area contributed by atoms with Gasteiger partial charge in [0.2, 0.25) is 0 Å². The summed E-state index contributed by atoms with van der Waals surface area (Å²) in [4.78, 5) is 34.1. The molecule has 1 aromatic carbocycles. The Bertz CT molecular complexity index is 1080. The van der Waals surface area contributed by atoms with Crippen LogP contribution in [0.2, 0.25) is 5.02 Å². The van der Waals surface area contributed by atoms with Crippen molar-refractivity contribution in [3.63, 3.8) is 0 Å². The Morgan fingerprint density at radius 3 is 2.93 bits per heavy atom. The molecule has 5 nitrogen and oxygen atoms in total. The minimum absolute atomic E-state index is 0.0704. The van der Waals surface area contributed by atoms with Gasteiger partial charge in [0, 0.05) is 9.90 Å². The quantitative estimate of drug-likeness (QED) is 0.571. The Morgan fingerprint density at radius 2 is 2.14 bits per heavy atom. The number of fused-ring (bicyclic) bond motifs is 3. The monoisotopic (exact) mass is 434 g/mol. The van der Waals surface area contributed by atoms with Gasteiger partial charge in [-0.05, 0) is 49.4 Å². The molecule has 28 heavy (non-hydrogen) atoms. The lowest BCUT2D eigenvalue weighted by atomic mass is 10.1. The van der Waals surface area contributed by atoms with E-state index in [1.807, 2.05) is 19.1 Å². The number of esters is 1. The summed E-state index contributed by atoms with van der Waals surface area (Å²) in [5.74, 6) is 0.950. The van der Waals surface area contributed by atoms with Crippen LogP contribution in [0.1, 0.15) is 41.3 Å². The first kappa shape index (κ1) is 19.5. The molecule has 1 atom stereocenters. The number of aromatic amines is 1. The average Bonchev–Trinajstić information content (AvgIpc) is 3.22. The van der Waals surface area contributed by atoms with Crippen LogP contribution in [-0.4, -0.2) is 21.7 Å². The van der Waals surface area contributed by atoms with Crippen LogP contribution in [0.5, 0.6) is 0 Å². The first-order valence-electron chi connectivity index (χ1n) is 9.07. The zero-order valence-corrected chi connectivity index (χ0v) is 17.7. The number of nitrogens with zero attached hydrogens (tertiary/aromatic N) is 1. The molecule has 2 aromatic heterocycles. The molecule has 1 N–H and O–H groups in total. The second-order valence-electron chi connectivity index (χ2n) is 6.73. The predicted octanol–water partition coefficient (Wildman–Crippen LogP) is 4.66. The summed E-state index contributed by atoms with van der Waals surface area (Å²) in [6.07, 6.45) is 2.78. The van der Waals surface area contributed by atoms with E-state index in [1.165, 1.54) is 22.2 Å². The normalized spacial score (nSPS) is 14.2. The number of nitrogens with one attached hydrogen (secondary N) is 1. The van der Waals surface area contributed by atoms with Crippen molar-refractivity contribution in [2.45, 2.75) is 38.0 Å². The summed E-state index contributed by atoms with van der Waals surface area (Å²) < 4.78 is 5.46. The third-order valence-corrected chi connectivity index (χ3v) is 7.09. The lowest BCUT2D eigenvalue weighted by molar-refractivity contribution is -0.145. The molecule has 0 aliphatic heterocycles. The first-order chi connectivity index (χ1) is 13.5. The highest BCUT2D eigenvalue weighted by Crippen LogP contribution is 2.34. The maximum atomic E-state index is 12.4. The van der Waals surface area contributed by atoms with Crippen molar-refractivity contribution < 1.29 is 9.53 Å². The van der Waals surface area contributed by atoms with Gasteiger partial charge < -0.3 is 9.72 Å². The van der Waals surface area contributed by atoms with Crippen LogP contribution in [0.25, 0.3) is 10.2 Å². The van der Waals surface area contributed by atoms with Gasteiger partial charge in [-0.25, -0.2) is 4.98 Å². The maximum absolute atomic E-state index is 12.4. The number of benzene rings is 1. The third-order valence-electron chi connectivity index (χ3n) is 4.73. The van der Waals surface area contributed by atoms with E-state index in [-0.39, 0.29) is 23.4 Å². The van der Waals surface area contributed by atoms with Crippen LogP contribution in [0.15, 0.2) is 29.1 Å². The van der Waals surface area contributed by atoms with Crippen LogP contribution in [0.3, 0.4) is 0 Å². The van der Waals surface area contributed by atoms with E-state index in [0.717, 1.165) is 35.0 Å². The number of aryl methyl sites for hydroxylation is 2. The van der Waals surface area contributed by atoms with Gasteiger partial charge in [0.05, 0.1) is 16.9 Å². The van der Waals surface area contributed by atoms with Crippen molar-refractivity contribution in [2.75, 3.05) is 5.75 Å². The summed E-state index contributed by atoms with van der Waals surface area (Å²) >= 11 is 8.87. The number of halogens is 1. The van der Waals surface area contributed by atoms with Crippen LogP contribution in [0.4, 0.5) is 0 Å². The van der Waals surface area contributed by atoms with Crippen molar-refractivity contribution in [3.8, 4) is 0 Å². The summed E-state index contributed by atoms with van der Waals surface area (Å²) in [5.41, 5.74) is 2.00. The number of hydrogen-bond acceptors (Lipinski definition) is 6. The first-order valence-corrected chi connectivity index (χ1v) is 11.4. The van der Waals surface area contributed by atoms with Crippen molar-refractivity contribution in [2.24, 2.45) is 0 Å². The minimum atomic E-state index is -0.340. The van der Waals surface area contributed by atoms with Gasteiger partial charge in [0.1, 0.15) is 16.8 Å². The molecule has 8 heteroatoms. The summed E-state index contributed by atoms with van der Waals surface area (Å²) in [7, 11) is 0. The van der Waals surface area contributed by atoms with E-state index < -0.39 is 0 Å². The number of thioether (sulfide) groups is 1. The third kappa shape index (κ3) is 4.11. The fourth-order valence-electron chi connectivity index (χ4n) is 3.38. The molecule has 0 spiro atoms. The van der Waals surface area contributed by atoms with Gasteiger partial charge in [-0.1, -0.05) is 23.7 Å². The van der Waals surface area contributed by atoms with Crippen LogP contribution >= 0.6 is 34.7 Å². The average molecular weight is 435 g/mol. The fourth-order valence-corrected chi connectivity index (χ4v) is 5.45. The number of thiophene rings is 1. The van der Waals surface area contributed by atoms with Crippen LogP contribution < -0.4 is 5.56 Å². The molecule has 0 bridgehead atoms. The highest BCUT2D eigenvalue weighted by atomic mass is 35.5. The standard InChI is InChI=1S/C20H19ClN2O3S2/c1-11(12-5-7-13(21)8-6-12)26-17(24)10-27-9-16-22-19(25)18-14-3-2-4-15(14)28-20(18)23-16/h5-8,11H,2-4,9-10H2,1H3,(H,22,23,25). The minimum Gasteiger partial charge on any atom is -0.457 e. The Labute approximate surface area is 175 Å². The molecule has 2 heterocycles. The summed E-state index contributed by atoms with van der Waals surface area (Å²) in [6.45, 7) is 1.83. The molecule has 0 saturated carbocycles. The molecular weight excluding hydrogens is 416 g/mol. The topological polar surface area (TPSA) is 72.0 Å². The smallest absolute Gasteiger partial charge is 0.316 e. The number of rotatable bonds is 6. The Kier molecular flexibility index (Phi) is 5.75. The number of carbonyl (C=O) groups is 1. The van der Waals surface area contributed by atoms with Crippen molar-refractivity contribution in [1.82, 2.24) is 9.97 Å². The zero-order chi connectivity index (χ0) is 19.7. The summed E-state index contributed by atoms with van der Waals surface area (Å²) in [6, 6.07) is 7.23. The van der Waals surface area contributed by atoms with Crippen LogP contribution in [0, 0.1) is 0 Å². The summed E-state index contributed by atoms with van der Waals surface area (Å²) in [5, 5.41) is 1.40. The van der Waals surface area contributed by atoms with Gasteiger partial charge in [-0.15, -0.1) is 23.1 Å². The highest BCUT2D eigenvalue weighted by molar-refractivity contribution is 7.99. The van der Waals surface area contributed by atoms with Crippen molar-refractivity contribution in [3.05, 3.63) is 61.5 Å². The molecule has 1 unspecified atom stereocenters. The number of hydrogen-bond donors (Lipinski definition) is 1. The van der Waals surface area contributed by atoms with E-state index in [9.17, 15) is 9.59 Å². The molecule has 4 rings (SSSR count). The van der Waals surface area contributed by atoms with Crippen molar-refractivity contribution >= 4 is 50.9 Å². The molecule has 0 amide bonds. The molecular formula is C20H19ClN2O3S2. The number of H-pyrrole nitrogens is 1. The molecule has 0 radical (unpaired) electrons. The van der Waals surface area contributed by atoms with Crippen LogP contribution in [-0.2, 0) is 28.1 Å². The number of aromatic nitrogens is 2. The molecule has 1 aliphatic carbocycles. The van der Waals surface area contributed by atoms with Gasteiger partial charge >= 0.3 is 5.97 Å². The molecule has 146 valence electrons. The van der Waals surface area contributed by atoms with E-state index in [4.69, 9.17) is 16.3 Å². The van der Waals surface area contributed by atoms with Gasteiger partial charge in [-0.3, -0.25) is 9.59 Å². The molecule has 1 aliphatic rings. The second-order valence-corrected chi connectivity index (χ2v) is 9.23. The van der Waals surface area contributed by atoms with E-state index in [0.29, 0.717) is 16.6 Å². The van der Waals surface area contributed by atoms with E-state index in [1.54, 1.807) is 23.5 Å². The lowest BCUT2D eigenvalue weighted by Gasteiger charge is -2.13. The Hall–Kier alpha value is -1.83. The van der Waals surface area contributed by atoms with E-state index in [2.05, 4.69) is 9.97 Å². The lowest BCUT2D eigenvalue weighted by Crippen LogP contribution is -2.13. The largest absolute Gasteiger partial charge is 0.457 e.